The Morgan fingerprint density at radius 1 is 1.29 bits per heavy atom. The van der Waals surface area contributed by atoms with Crippen molar-refractivity contribution in [2.24, 2.45) is 0 Å². The van der Waals surface area contributed by atoms with E-state index in [1.165, 1.54) is 10.6 Å². The van der Waals surface area contributed by atoms with Gasteiger partial charge in [0, 0.05) is 51.5 Å². The van der Waals surface area contributed by atoms with Crippen molar-refractivity contribution in [3.05, 3.63) is 34.9 Å². The summed E-state index contributed by atoms with van der Waals surface area (Å²) in [6.07, 6.45) is 3.19. The third kappa shape index (κ3) is 3.97. The molecule has 0 saturated carbocycles. The standard InChI is InChI=1S/C14H20ClN5O3S/c1-2-19-9-13(15)14(16-19)10-18-4-6-20(7-5-18)24(21,22)11-12-3-8-23-17-12/h3,8-9H,2,4-7,10-11H2,1H3. The summed E-state index contributed by atoms with van der Waals surface area (Å²) in [5, 5.41) is 8.75. The Bertz CT molecular complexity index is 766. The number of nitrogens with zero attached hydrogens (tertiary/aromatic N) is 5. The van der Waals surface area contributed by atoms with E-state index in [9.17, 15) is 8.42 Å². The van der Waals surface area contributed by atoms with Crippen LogP contribution in [-0.4, -0.2) is 58.7 Å². The van der Waals surface area contributed by atoms with Crippen LogP contribution in [0.5, 0.6) is 0 Å². The van der Waals surface area contributed by atoms with Gasteiger partial charge in [-0.2, -0.15) is 9.40 Å². The topological polar surface area (TPSA) is 84.5 Å². The van der Waals surface area contributed by atoms with Crippen LogP contribution in [-0.2, 0) is 28.9 Å². The molecule has 1 aliphatic rings. The number of hydrogen-bond donors (Lipinski definition) is 0. The summed E-state index contributed by atoms with van der Waals surface area (Å²) >= 11 is 6.19. The van der Waals surface area contributed by atoms with Crippen molar-refractivity contribution >= 4 is 21.6 Å². The summed E-state index contributed by atoms with van der Waals surface area (Å²) in [7, 11) is -3.37. The van der Waals surface area contributed by atoms with Gasteiger partial charge in [-0.25, -0.2) is 8.42 Å². The lowest BCUT2D eigenvalue weighted by atomic mass is 10.3. The number of aromatic nitrogens is 3. The molecule has 0 N–H and O–H groups in total. The van der Waals surface area contributed by atoms with E-state index in [0.717, 1.165) is 12.2 Å². The number of hydrogen-bond acceptors (Lipinski definition) is 6. The van der Waals surface area contributed by atoms with Gasteiger partial charge in [0.1, 0.15) is 12.0 Å². The SMILES string of the molecule is CCn1cc(Cl)c(CN2CCN(S(=O)(=O)Cc3ccon3)CC2)n1. The largest absolute Gasteiger partial charge is 0.364 e. The highest BCUT2D eigenvalue weighted by atomic mass is 35.5. The van der Waals surface area contributed by atoms with Gasteiger partial charge in [-0.05, 0) is 6.92 Å². The van der Waals surface area contributed by atoms with E-state index >= 15 is 0 Å². The summed E-state index contributed by atoms with van der Waals surface area (Å²) < 4.78 is 32.8. The maximum atomic E-state index is 12.4. The van der Waals surface area contributed by atoms with Crippen molar-refractivity contribution in [1.29, 1.82) is 0 Å². The third-order valence-electron chi connectivity index (χ3n) is 4.03. The molecule has 2 aromatic rings. The highest BCUT2D eigenvalue weighted by molar-refractivity contribution is 7.88. The first-order valence-electron chi connectivity index (χ1n) is 7.79. The third-order valence-corrected chi connectivity index (χ3v) is 6.16. The van der Waals surface area contributed by atoms with Crippen LogP contribution >= 0.6 is 11.6 Å². The second kappa shape index (κ2) is 7.22. The van der Waals surface area contributed by atoms with Crippen LogP contribution < -0.4 is 0 Å². The Morgan fingerprint density at radius 2 is 2.04 bits per heavy atom. The second-order valence-electron chi connectivity index (χ2n) is 5.70. The fourth-order valence-electron chi connectivity index (χ4n) is 2.67. The van der Waals surface area contributed by atoms with Gasteiger partial charge in [0.25, 0.3) is 0 Å². The van der Waals surface area contributed by atoms with Gasteiger partial charge in [-0.15, -0.1) is 0 Å². The van der Waals surface area contributed by atoms with E-state index in [1.807, 2.05) is 13.1 Å². The summed E-state index contributed by atoms with van der Waals surface area (Å²) in [6.45, 7) is 5.60. The van der Waals surface area contributed by atoms with Crippen molar-refractivity contribution in [2.45, 2.75) is 25.8 Å². The normalized spacial score (nSPS) is 17.4. The fourth-order valence-corrected chi connectivity index (χ4v) is 4.31. The van der Waals surface area contributed by atoms with E-state index in [0.29, 0.717) is 43.4 Å². The minimum Gasteiger partial charge on any atom is -0.364 e. The van der Waals surface area contributed by atoms with E-state index in [2.05, 4.69) is 15.2 Å². The molecule has 0 atom stereocenters. The van der Waals surface area contributed by atoms with Gasteiger partial charge in [-0.1, -0.05) is 16.8 Å². The number of aryl methyl sites for hydroxylation is 1. The number of piperazine rings is 1. The Labute approximate surface area is 146 Å². The van der Waals surface area contributed by atoms with Gasteiger partial charge in [0.15, 0.2) is 0 Å². The highest BCUT2D eigenvalue weighted by Gasteiger charge is 2.28. The van der Waals surface area contributed by atoms with Gasteiger partial charge < -0.3 is 4.52 Å². The minimum absolute atomic E-state index is 0.129. The predicted molar refractivity (Wildman–Crippen MR) is 88.9 cm³/mol. The molecule has 1 saturated heterocycles. The Balaban J connectivity index is 1.56. The molecule has 24 heavy (non-hydrogen) atoms. The Kier molecular flexibility index (Phi) is 5.24. The molecule has 10 heteroatoms. The molecule has 0 aliphatic carbocycles. The molecule has 1 fully saturated rings. The second-order valence-corrected chi connectivity index (χ2v) is 8.08. The lowest BCUT2D eigenvalue weighted by Gasteiger charge is -2.33. The smallest absolute Gasteiger partial charge is 0.220 e. The van der Waals surface area contributed by atoms with Gasteiger partial charge in [-0.3, -0.25) is 9.58 Å². The van der Waals surface area contributed by atoms with Crippen molar-refractivity contribution in [2.75, 3.05) is 26.2 Å². The lowest BCUT2D eigenvalue weighted by molar-refractivity contribution is 0.179. The van der Waals surface area contributed by atoms with E-state index in [-0.39, 0.29) is 5.75 Å². The summed E-state index contributed by atoms with van der Waals surface area (Å²) in [4.78, 5) is 2.16. The molecule has 3 rings (SSSR count). The van der Waals surface area contributed by atoms with Crippen molar-refractivity contribution in [1.82, 2.24) is 24.1 Å². The van der Waals surface area contributed by atoms with Crippen LogP contribution in [0.25, 0.3) is 0 Å². The van der Waals surface area contributed by atoms with Crippen LogP contribution in [0.1, 0.15) is 18.3 Å². The molecule has 2 aromatic heterocycles. The molecular formula is C14H20ClN5O3S. The molecular weight excluding hydrogens is 354 g/mol. The number of sulfonamides is 1. The van der Waals surface area contributed by atoms with E-state index < -0.39 is 10.0 Å². The predicted octanol–water partition coefficient (Wildman–Crippen LogP) is 1.19. The van der Waals surface area contributed by atoms with Crippen LogP contribution in [0, 0.1) is 0 Å². The molecule has 132 valence electrons. The highest BCUT2D eigenvalue weighted by Crippen LogP contribution is 2.18. The van der Waals surface area contributed by atoms with Crippen LogP contribution in [0.2, 0.25) is 5.02 Å². The molecule has 1 aliphatic heterocycles. The molecule has 0 spiro atoms. The van der Waals surface area contributed by atoms with Crippen molar-refractivity contribution in [3.63, 3.8) is 0 Å². The maximum absolute atomic E-state index is 12.4. The first kappa shape index (κ1) is 17.4. The van der Waals surface area contributed by atoms with Gasteiger partial charge in [0.05, 0.1) is 16.4 Å². The monoisotopic (exact) mass is 373 g/mol. The first-order chi connectivity index (χ1) is 11.5. The van der Waals surface area contributed by atoms with Crippen molar-refractivity contribution in [3.8, 4) is 0 Å². The molecule has 3 heterocycles. The van der Waals surface area contributed by atoms with E-state index in [1.54, 1.807) is 10.7 Å². The van der Waals surface area contributed by atoms with Gasteiger partial charge >= 0.3 is 0 Å². The number of halogens is 1. The Morgan fingerprint density at radius 3 is 2.62 bits per heavy atom. The van der Waals surface area contributed by atoms with Gasteiger partial charge in [0.2, 0.25) is 10.0 Å². The zero-order valence-electron chi connectivity index (χ0n) is 13.4. The summed E-state index contributed by atoms with van der Waals surface area (Å²) in [6, 6.07) is 1.57. The Hall–Kier alpha value is -1.42. The molecule has 0 amide bonds. The zero-order chi connectivity index (χ0) is 17.2. The van der Waals surface area contributed by atoms with Crippen molar-refractivity contribution < 1.29 is 12.9 Å². The average Bonchev–Trinajstić information content (AvgIpc) is 3.17. The first-order valence-corrected chi connectivity index (χ1v) is 9.78. The molecule has 8 nitrogen and oxygen atoms in total. The van der Waals surface area contributed by atoms with Crippen LogP contribution in [0.4, 0.5) is 0 Å². The maximum Gasteiger partial charge on any atom is 0.220 e. The molecule has 0 aromatic carbocycles. The summed E-state index contributed by atoms with van der Waals surface area (Å²) in [5.74, 6) is -0.129. The molecule has 0 radical (unpaired) electrons. The average molecular weight is 374 g/mol. The summed E-state index contributed by atoms with van der Waals surface area (Å²) in [5.41, 5.74) is 1.26. The zero-order valence-corrected chi connectivity index (χ0v) is 15.0. The van der Waals surface area contributed by atoms with E-state index in [4.69, 9.17) is 16.1 Å². The number of rotatable bonds is 6. The fraction of sp³-hybridized carbons (Fsp3) is 0.571. The molecule has 0 bridgehead atoms. The molecule has 0 unspecified atom stereocenters. The van der Waals surface area contributed by atoms with Crippen LogP contribution in [0.3, 0.4) is 0 Å². The van der Waals surface area contributed by atoms with Crippen LogP contribution in [0.15, 0.2) is 23.0 Å². The lowest BCUT2D eigenvalue weighted by Crippen LogP contribution is -2.48. The minimum atomic E-state index is -3.37. The quantitative estimate of drug-likeness (QED) is 0.756.